The van der Waals surface area contributed by atoms with Gasteiger partial charge in [-0.15, -0.1) is 0 Å². The summed E-state index contributed by atoms with van der Waals surface area (Å²) in [6.45, 7) is 0. The minimum Gasteiger partial charge on any atom is -0.465 e. The van der Waals surface area contributed by atoms with E-state index in [-0.39, 0.29) is 16.1 Å². The normalized spacial score (nSPS) is 12.6. The number of hydrogen-bond donors (Lipinski definition) is 1. The first-order valence-corrected chi connectivity index (χ1v) is 7.59. The highest BCUT2D eigenvalue weighted by molar-refractivity contribution is 7.99. The molecule has 0 atom stereocenters. The number of hydrogen-bond acceptors (Lipinski definition) is 6. The minimum atomic E-state index is -4.71. The van der Waals surface area contributed by atoms with Gasteiger partial charge >= 0.3 is 12.1 Å². The van der Waals surface area contributed by atoms with E-state index < -0.39 is 28.3 Å². The first-order valence-electron chi connectivity index (χ1n) is 6.77. The van der Waals surface area contributed by atoms with E-state index in [2.05, 4.69) is 10.1 Å². The van der Waals surface area contributed by atoms with Crippen LogP contribution >= 0.6 is 11.8 Å². The van der Waals surface area contributed by atoms with Crippen LogP contribution in [0.4, 0.5) is 30.2 Å². The van der Waals surface area contributed by atoms with Crippen molar-refractivity contribution in [2.75, 3.05) is 12.4 Å². The molecule has 3 rings (SSSR count). The molecule has 0 amide bonds. The monoisotopic (exact) mass is 370 g/mol. The van der Waals surface area contributed by atoms with Crippen LogP contribution in [-0.2, 0) is 10.9 Å². The van der Waals surface area contributed by atoms with Crippen molar-refractivity contribution >= 4 is 34.8 Å². The lowest BCUT2D eigenvalue weighted by Gasteiger charge is -2.22. The van der Waals surface area contributed by atoms with Gasteiger partial charge in [-0.25, -0.2) is 4.79 Å². The number of fused-ring (bicyclic) bond motifs is 2. The van der Waals surface area contributed by atoms with E-state index in [0.29, 0.717) is 16.6 Å². The molecule has 0 aliphatic carbocycles. The smallest absolute Gasteiger partial charge is 0.416 e. The zero-order valence-corrected chi connectivity index (χ0v) is 13.3. The summed E-state index contributed by atoms with van der Waals surface area (Å²) in [7, 11) is 1.21. The molecular weight excluding hydrogens is 361 g/mol. The fourth-order valence-electron chi connectivity index (χ4n) is 2.32. The number of nitrogens with zero attached hydrogens (tertiary/aromatic N) is 1. The number of carbonyl (C=O) groups excluding carboxylic acids is 1. The van der Waals surface area contributed by atoms with E-state index in [4.69, 9.17) is 0 Å². The van der Waals surface area contributed by atoms with Crippen LogP contribution in [0.25, 0.3) is 0 Å². The van der Waals surface area contributed by atoms with Crippen LogP contribution in [0.2, 0.25) is 0 Å². The molecule has 2 aromatic rings. The van der Waals surface area contributed by atoms with E-state index >= 15 is 0 Å². The number of nitrogens with one attached hydrogen (secondary N) is 1. The van der Waals surface area contributed by atoms with Crippen LogP contribution in [0.5, 0.6) is 0 Å². The zero-order chi connectivity index (χ0) is 18.4. The molecule has 0 aromatic heterocycles. The third-order valence-electron chi connectivity index (χ3n) is 3.49. The van der Waals surface area contributed by atoms with E-state index in [1.54, 1.807) is 0 Å². The number of nitro benzene ring substituents is 1. The molecule has 130 valence electrons. The molecule has 25 heavy (non-hydrogen) atoms. The number of anilines is 2. The lowest BCUT2D eigenvalue weighted by atomic mass is 10.1. The van der Waals surface area contributed by atoms with Gasteiger partial charge in [-0.1, -0.05) is 11.8 Å². The van der Waals surface area contributed by atoms with Crippen LogP contribution in [0.15, 0.2) is 40.1 Å². The van der Waals surface area contributed by atoms with Gasteiger partial charge in [0.1, 0.15) is 5.69 Å². The van der Waals surface area contributed by atoms with Crippen LogP contribution < -0.4 is 5.32 Å². The van der Waals surface area contributed by atoms with Gasteiger partial charge in [0.2, 0.25) is 0 Å². The van der Waals surface area contributed by atoms with Crippen LogP contribution in [0.3, 0.4) is 0 Å². The topological polar surface area (TPSA) is 81.5 Å². The average molecular weight is 370 g/mol. The van der Waals surface area contributed by atoms with Crippen molar-refractivity contribution in [1.82, 2.24) is 0 Å². The Morgan fingerprint density at radius 1 is 1.24 bits per heavy atom. The van der Waals surface area contributed by atoms with Crippen LogP contribution in [0.1, 0.15) is 15.9 Å². The van der Waals surface area contributed by atoms with Crippen molar-refractivity contribution in [3.8, 4) is 0 Å². The van der Waals surface area contributed by atoms with Crippen LogP contribution in [-0.4, -0.2) is 18.0 Å². The second-order valence-corrected chi connectivity index (χ2v) is 6.14. The highest BCUT2D eigenvalue weighted by Crippen LogP contribution is 2.50. The van der Waals surface area contributed by atoms with Crippen LogP contribution in [0, 0.1) is 10.1 Å². The highest BCUT2D eigenvalue weighted by atomic mass is 32.2. The quantitative estimate of drug-likeness (QED) is 0.403. The van der Waals surface area contributed by atoms with Gasteiger partial charge in [-0.3, -0.25) is 10.1 Å². The molecule has 0 fully saturated rings. The third-order valence-corrected chi connectivity index (χ3v) is 4.59. The van der Waals surface area contributed by atoms with E-state index in [1.807, 2.05) is 0 Å². The molecule has 6 nitrogen and oxygen atoms in total. The number of rotatable bonds is 2. The van der Waals surface area contributed by atoms with Crippen molar-refractivity contribution in [2.24, 2.45) is 0 Å². The number of esters is 1. The van der Waals surface area contributed by atoms with E-state index in [0.717, 1.165) is 17.8 Å². The molecule has 0 saturated carbocycles. The van der Waals surface area contributed by atoms with Crippen molar-refractivity contribution in [1.29, 1.82) is 0 Å². The molecular formula is C15H9F3N2O4S. The molecule has 0 saturated heterocycles. The Balaban J connectivity index is 2.11. The second-order valence-electron chi connectivity index (χ2n) is 5.05. The fraction of sp³-hybridized carbons (Fsp3) is 0.133. The molecule has 2 aromatic carbocycles. The fourth-order valence-corrected chi connectivity index (χ4v) is 3.42. The summed E-state index contributed by atoms with van der Waals surface area (Å²) in [5, 5.41) is 13.9. The summed E-state index contributed by atoms with van der Waals surface area (Å²) in [6, 6.07) is 5.76. The molecule has 1 heterocycles. The Labute approximate surface area is 143 Å². The number of alkyl halides is 3. The maximum Gasteiger partial charge on any atom is 0.416 e. The maximum atomic E-state index is 13.0. The molecule has 1 aliphatic heterocycles. The summed E-state index contributed by atoms with van der Waals surface area (Å²) in [5.41, 5.74) is -1.12. The molecule has 1 N–H and O–H groups in total. The third kappa shape index (κ3) is 3.12. The van der Waals surface area contributed by atoms with E-state index in [9.17, 15) is 28.1 Å². The van der Waals surface area contributed by atoms with Crippen molar-refractivity contribution in [3.63, 3.8) is 0 Å². The Bertz CT molecular complexity index is 899. The number of methoxy groups -OCH3 is 1. The number of halogens is 3. The van der Waals surface area contributed by atoms with E-state index in [1.165, 1.54) is 25.3 Å². The molecule has 0 unspecified atom stereocenters. The maximum absolute atomic E-state index is 13.0. The molecule has 0 spiro atoms. The summed E-state index contributed by atoms with van der Waals surface area (Å²) in [5.74, 6) is -0.593. The van der Waals surface area contributed by atoms with Gasteiger partial charge < -0.3 is 10.1 Å². The predicted octanol–water partition coefficient (Wildman–Crippen LogP) is 4.61. The van der Waals surface area contributed by atoms with Gasteiger partial charge in [0.25, 0.3) is 5.69 Å². The van der Waals surface area contributed by atoms with Gasteiger partial charge in [0.05, 0.1) is 28.8 Å². The number of ether oxygens (including phenoxy) is 1. The summed E-state index contributed by atoms with van der Waals surface area (Å²) in [6.07, 6.45) is -4.71. The Kier molecular flexibility index (Phi) is 4.07. The molecule has 0 bridgehead atoms. The Hall–Kier alpha value is -2.75. The van der Waals surface area contributed by atoms with Crippen molar-refractivity contribution in [2.45, 2.75) is 16.0 Å². The first kappa shape index (κ1) is 17.1. The lowest BCUT2D eigenvalue weighted by molar-refractivity contribution is -0.384. The van der Waals surface area contributed by atoms with Crippen molar-refractivity contribution < 1.29 is 27.6 Å². The highest BCUT2D eigenvalue weighted by Gasteiger charge is 2.36. The number of nitro groups is 1. The Morgan fingerprint density at radius 3 is 2.56 bits per heavy atom. The SMILES string of the molecule is COC(=O)c1ccc2c(c1)Sc1cc(C(F)(F)F)cc([N+](=O)[O-])c1N2. The average Bonchev–Trinajstić information content (AvgIpc) is 2.56. The zero-order valence-electron chi connectivity index (χ0n) is 12.5. The summed E-state index contributed by atoms with van der Waals surface area (Å²) >= 11 is 0.912. The number of carbonyl (C=O) groups is 1. The molecule has 0 radical (unpaired) electrons. The summed E-state index contributed by atoms with van der Waals surface area (Å²) in [4.78, 5) is 22.4. The molecule has 1 aliphatic rings. The van der Waals surface area contributed by atoms with Gasteiger partial charge in [-0.05, 0) is 24.3 Å². The lowest BCUT2D eigenvalue weighted by Crippen LogP contribution is -2.10. The Morgan fingerprint density at radius 2 is 1.96 bits per heavy atom. The first-order chi connectivity index (χ1) is 11.7. The van der Waals surface area contributed by atoms with Crippen molar-refractivity contribution in [3.05, 3.63) is 51.6 Å². The predicted molar refractivity (Wildman–Crippen MR) is 83.3 cm³/mol. The standard InChI is InChI=1S/C15H9F3N2O4S/c1-24-14(21)7-2-3-9-11(4-7)25-12-6-8(15(16,17)18)5-10(20(22)23)13(12)19-9/h2-6,19H,1H3. The van der Waals surface area contributed by atoms with Gasteiger partial charge in [-0.2, -0.15) is 13.2 Å². The number of benzene rings is 2. The largest absolute Gasteiger partial charge is 0.465 e. The molecule has 10 heteroatoms. The summed E-state index contributed by atoms with van der Waals surface area (Å²) < 4.78 is 43.6. The minimum absolute atomic E-state index is 0.0127. The van der Waals surface area contributed by atoms with Gasteiger partial charge in [0.15, 0.2) is 0 Å². The second kappa shape index (κ2) is 5.96. The van der Waals surface area contributed by atoms with Gasteiger partial charge in [0, 0.05) is 15.9 Å².